The van der Waals surface area contributed by atoms with Gasteiger partial charge in [0.1, 0.15) is 11.6 Å². The van der Waals surface area contributed by atoms with Gasteiger partial charge < -0.3 is 4.74 Å². The Hall–Kier alpha value is -3.45. The number of ether oxygens (including phenoxy) is 1. The Balaban J connectivity index is 1.57. The number of rotatable bonds is 3. The van der Waals surface area contributed by atoms with Crippen molar-refractivity contribution in [2.75, 3.05) is 0 Å². The van der Waals surface area contributed by atoms with E-state index in [-0.39, 0.29) is 17.5 Å². The lowest BCUT2D eigenvalue weighted by molar-refractivity contribution is -0.384. The lowest BCUT2D eigenvalue weighted by Gasteiger charge is -2.38. The van der Waals surface area contributed by atoms with Crippen molar-refractivity contribution < 1.29 is 14.1 Å². The number of hydrogen-bond donors (Lipinski definition) is 0. The van der Waals surface area contributed by atoms with E-state index in [0.717, 1.165) is 22.4 Å². The number of fused-ring (bicyclic) bond motifs is 3. The van der Waals surface area contributed by atoms with E-state index in [1.165, 1.54) is 24.3 Å². The van der Waals surface area contributed by atoms with Gasteiger partial charge in [-0.2, -0.15) is 5.10 Å². The van der Waals surface area contributed by atoms with Crippen LogP contribution in [0.5, 0.6) is 5.75 Å². The van der Waals surface area contributed by atoms with E-state index >= 15 is 0 Å². The molecule has 0 aliphatic carbocycles. The normalized spacial score (nSPS) is 19.5. The van der Waals surface area contributed by atoms with Crippen molar-refractivity contribution in [3.05, 3.63) is 104 Å². The molecule has 150 valence electrons. The summed E-state index contributed by atoms with van der Waals surface area (Å²) >= 11 is 6.22. The highest BCUT2D eigenvalue weighted by Gasteiger charge is 2.41. The Labute approximate surface area is 176 Å². The fraction of sp³-hybridized carbons (Fsp3) is 0.136. The molecule has 8 heteroatoms. The van der Waals surface area contributed by atoms with Gasteiger partial charge in [0.25, 0.3) is 5.69 Å². The van der Waals surface area contributed by atoms with E-state index in [2.05, 4.69) is 0 Å². The number of hydrogen-bond acceptors (Lipinski definition) is 5. The lowest BCUT2D eigenvalue weighted by atomic mass is 9.96. The van der Waals surface area contributed by atoms with Gasteiger partial charge in [0, 0.05) is 34.7 Å². The van der Waals surface area contributed by atoms with Gasteiger partial charge in [-0.15, -0.1) is 0 Å². The summed E-state index contributed by atoms with van der Waals surface area (Å²) in [6.45, 7) is 0. The number of non-ortho nitro benzene ring substituents is 1. The predicted molar refractivity (Wildman–Crippen MR) is 110 cm³/mol. The monoisotopic (exact) mass is 423 g/mol. The molecular formula is C22H15ClFN3O3. The average molecular weight is 424 g/mol. The fourth-order valence-corrected chi connectivity index (χ4v) is 4.04. The van der Waals surface area contributed by atoms with E-state index in [0.29, 0.717) is 17.2 Å². The maximum atomic E-state index is 13.4. The van der Waals surface area contributed by atoms with E-state index in [4.69, 9.17) is 21.4 Å². The van der Waals surface area contributed by atoms with Gasteiger partial charge >= 0.3 is 0 Å². The summed E-state index contributed by atoms with van der Waals surface area (Å²) in [4.78, 5) is 10.6. The van der Waals surface area contributed by atoms with E-state index in [1.54, 1.807) is 30.3 Å². The minimum absolute atomic E-state index is 0.00946. The molecule has 0 fully saturated rings. The molecule has 3 aromatic rings. The molecule has 30 heavy (non-hydrogen) atoms. The maximum Gasteiger partial charge on any atom is 0.269 e. The topological polar surface area (TPSA) is 68.0 Å². The number of nitro benzene ring substituents is 1. The van der Waals surface area contributed by atoms with Crippen LogP contribution in [0.2, 0.25) is 5.02 Å². The van der Waals surface area contributed by atoms with Crippen LogP contribution in [0.25, 0.3) is 0 Å². The van der Waals surface area contributed by atoms with Crippen LogP contribution in [0.4, 0.5) is 10.1 Å². The summed E-state index contributed by atoms with van der Waals surface area (Å²) in [6, 6.07) is 17.8. The third kappa shape index (κ3) is 3.17. The van der Waals surface area contributed by atoms with E-state index < -0.39 is 11.2 Å². The third-order valence-electron chi connectivity index (χ3n) is 5.32. The lowest BCUT2D eigenvalue weighted by Crippen LogP contribution is -2.33. The third-order valence-corrected chi connectivity index (χ3v) is 5.55. The van der Waals surface area contributed by atoms with Crippen LogP contribution in [0.15, 0.2) is 71.8 Å². The SMILES string of the molecule is O=[N+]([O-])c1ccc([C@@H]2Oc3ccc(Cl)cc3[C@H]3CC(c4ccc(F)cc4)=NN32)cc1. The number of hydrazone groups is 1. The molecule has 2 aliphatic heterocycles. The second-order valence-corrected chi connectivity index (χ2v) is 7.59. The average Bonchev–Trinajstić information content (AvgIpc) is 3.19. The van der Waals surface area contributed by atoms with Gasteiger partial charge in [0.05, 0.1) is 16.7 Å². The molecule has 5 rings (SSSR count). The molecule has 6 nitrogen and oxygen atoms in total. The molecule has 2 aliphatic rings. The Bertz CT molecular complexity index is 1170. The largest absolute Gasteiger partial charge is 0.464 e. The van der Waals surface area contributed by atoms with E-state index in [1.807, 2.05) is 17.1 Å². The predicted octanol–water partition coefficient (Wildman–Crippen LogP) is 5.63. The van der Waals surface area contributed by atoms with Gasteiger partial charge in [0.2, 0.25) is 6.23 Å². The Morgan fingerprint density at radius 2 is 1.83 bits per heavy atom. The van der Waals surface area contributed by atoms with Crippen LogP contribution in [0.1, 0.15) is 35.4 Å². The summed E-state index contributed by atoms with van der Waals surface area (Å²) in [7, 11) is 0. The molecule has 2 heterocycles. The van der Waals surface area contributed by atoms with Crippen molar-refractivity contribution in [1.82, 2.24) is 5.01 Å². The molecule has 0 saturated carbocycles. The van der Waals surface area contributed by atoms with Crippen LogP contribution in [-0.4, -0.2) is 15.6 Å². The molecular weight excluding hydrogens is 409 g/mol. The molecule has 0 spiro atoms. The summed E-state index contributed by atoms with van der Waals surface area (Å²) < 4.78 is 19.6. The number of halogens is 2. The van der Waals surface area contributed by atoms with Crippen molar-refractivity contribution in [2.45, 2.75) is 18.7 Å². The molecule has 0 aromatic heterocycles. The zero-order chi connectivity index (χ0) is 20.8. The summed E-state index contributed by atoms with van der Waals surface area (Å²) in [5, 5.41) is 18.2. The smallest absolute Gasteiger partial charge is 0.269 e. The minimum Gasteiger partial charge on any atom is -0.464 e. The van der Waals surface area contributed by atoms with Gasteiger partial charge in [-0.1, -0.05) is 23.7 Å². The highest BCUT2D eigenvalue weighted by Crippen LogP contribution is 2.48. The number of benzene rings is 3. The number of nitro groups is 1. The van der Waals surface area contributed by atoms with Crippen LogP contribution in [0, 0.1) is 15.9 Å². The number of nitrogens with zero attached hydrogens (tertiary/aromatic N) is 3. The Morgan fingerprint density at radius 3 is 2.53 bits per heavy atom. The fourth-order valence-electron chi connectivity index (χ4n) is 3.86. The molecule has 0 unspecified atom stereocenters. The first-order chi connectivity index (χ1) is 14.5. The maximum absolute atomic E-state index is 13.4. The zero-order valence-corrected chi connectivity index (χ0v) is 16.3. The van der Waals surface area contributed by atoms with Crippen molar-refractivity contribution in [3.8, 4) is 5.75 Å². The zero-order valence-electron chi connectivity index (χ0n) is 15.5. The van der Waals surface area contributed by atoms with Crippen LogP contribution in [0.3, 0.4) is 0 Å². The first-order valence-corrected chi connectivity index (χ1v) is 9.69. The molecule has 0 N–H and O–H groups in total. The van der Waals surface area contributed by atoms with Gasteiger partial charge in [0.15, 0.2) is 0 Å². The van der Waals surface area contributed by atoms with Gasteiger partial charge in [-0.05, 0) is 48.0 Å². The molecule has 0 radical (unpaired) electrons. The van der Waals surface area contributed by atoms with Crippen LogP contribution in [-0.2, 0) is 0 Å². The molecule has 2 atom stereocenters. The molecule has 0 bridgehead atoms. The van der Waals surface area contributed by atoms with Crippen molar-refractivity contribution >= 4 is 23.0 Å². The molecule has 0 amide bonds. The van der Waals surface area contributed by atoms with Crippen LogP contribution < -0.4 is 4.74 Å². The standard InChI is InChI=1S/C22H15ClFN3O3/c23-15-5-10-21-18(11-15)20-12-19(13-1-6-16(24)7-2-13)25-26(20)22(30-21)14-3-8-17(9-4-14)27(28)29/h1-11,20,22H,12H2/t20-,22+/m1/s1. The Morgan fingerprint density at radius 1 is 1.10 bits per heavy atom. The first-order valence-electron chi connectivity index (χ1n) is 9.32. The minimum atomic E-state index is -0.553. The van der Waals surface area contributed by atoms with E-state index in [9.17, 15) is 14.5 Å². The molecule has 3 aromatic carbocycles. The highest BCUT2D eigenvalue weighted by atomic mass is 35.5. The second kappa shape index (κ2) is 7.11. The van der Waals surface area contributed by atoms with Gasteiger partial charge in [-0.3, -0.25) is 10.1 Å². The summed E-state index contributed by atoms with van der Waals surface area (Å²) in [6.07, 6.45) is 0.0497. The summed E-state index contributed by atoms with van der Waals surface area (Å²) in [5.41, 5.74) is 3.31. The molecule has 0 saturated heterocycles. The van der Waals surface area contributed by atoms with Crippen molar-refractivity contribution in [3.63, 3.8) is 0 Å². The van der Waals surface area contributed by atoms with Crippen molar-refractivity contribution in [1.29, 1.82) is 0 Å². The summed E-state index contributed by atoms with van der Waals surface area (Å²) in [5.74, 6) is 0.388. The highest BCUT2D eigenvalue weighted by molar-refractivity contribution is 6.30. The second-order valence-electron chi connectivity index (χ2n) is 7.15. The van der Waals surface area contributed by atoms with Crippen LogP contribution >= 0.6 is 11.6 Å². The Kier molecular flexibility index (Phi) is 4.40. The quantitative estimate of drug-likeness (QED) is 0.404. The van der Waals surface area contributed by atoms with Gasteiger partial charge in [-0.25, -0.2) is 9.40 Å². The first kappa shape index (κ1) is 18.6. The van der Waals surface area contributed by atoms with Crippen molar-refractivity contribution in [2.24, 2.45) is 5.10 Å².